The van der Waals surface area contributed by atoms with Crippen molar-refractivity contribution in [2.75, 3.05) is 51.8 Å². The Balaban J connectivity index is 1.20. The number of aromatic nitrogens is 4. The van der Waals surface area contributed by atoms with Gasteiger partial charge < -0.3 is 14.7 Å². The predicted molar refractivity (Wildman–Crippen MR) is 178 cm³/mol. The number of hydrogen-bond donors (Lipinski definition) is 1. The zero-order chi connectivity index (χ0) is 33.4. The van der Waals surface area contributed by atoms with E-state index < -0.39 is 17.9 Å². The molecule has 2 fully saturated rings. The highest BCUT2D eigenvalue weighted by Gasteiger charge is 2.51. The molecule has 13 heteroatoms. The Morgan fingerprint density at radius 2 is 2.00 bits per heavy atom. The maximum Gasteiger partial charge on any atom is 0.318 e. The van der Waals surface area contributed by atoms with Crippen molar-refractivity contribution in [3.8, 4) is 6.01 Å². The van der Waals surface area contributed by atoms with Gasteiger partial charge in [0.05, 0.1) is 34.0 Å². The molecule has 0 amide bonds. The zero-order valence-electron chi connectivity index (χ0n) is 28.1. The number of rotatable bonds is 7. The first-order valence-electron chi connectivity index (χ1n) is 17.4. The largest absolute Gasteiger partial charge is 0.461 e. The molecule has 1 aromatic carbocycles. The van der Waals surface area contributed by atoms with Crippen LogP contribution >= 0.6 is 11.6 Å². The van der Waals surface area contributed by atoms with E-state index in [9.17, 15) is 9.50 Å². The number of nitrogens with zero attached hydrogens (tertiary/aromatic N) is 8. The van der Waals surface area contributed by atoms with Gasteiger partial charge in [-0.25, -0.2) is 8.78 Å². The van der Waals surface area contributed by atoms with E-state index in [0.717, 1.165) is 79.1 Å². The van der Waals surface area contributed by atoms with Crippen LogP contribution in [0.25, 0.3) is 0 Å². The lowest BCUT2D eigenvalue weighted by Gasteiger charge is -2.46. The molecule has 0 saturated carbocycles. The van der Waals surface area contributed by atoms with Gasteiger partial charge in [-0.05, 0) is 70.9 Å². The van der Waals surface area contributed by atoms with Crippen LogP contribution in [0.4, 0.5) is 14.6 Å². The Kier molecular flexibility index (Phi) is 8.18. The Bertz CT molecular complexity index is 1720. The summed E-state index contributed by atoms with van der Waals surface area (Å²) in [6.45, 7) is 6.94. The summed E-state index contributed by atoms with van der Waals surface area (Å²) in [5, 5.41) is 16.0. The smallest absolute Gasteiger partial charge is 0.318 e. The molecule has 1 aliphatic carbocycles. The first kappa shape index (κ1) is 32.3. The minimum absolute atomic E-state index is 0.161. The molecule has 48 heavy (non-hydrogen) atoms. The Labute approximate surface area is 285 Å². The van der Waals surface area contributed by atoms with E-state index in [-0.39, 0.29) is 17.4 Å². The third-order valence-electron chi connectivity index (χ3n) is 11.6. The molecule has 3 aromatic rings. The monoisotopic (exact) mass is 682 g/mol. The number of anilines is 1. The third-order valence-corrected chi connectivity index (χ3v) is 12.1. The van der Waals surface area contributed by atoms with Gasteiger partial charge in [-0.1, -0.05) is 30.7 Å². The first-order chi connectivity index (χ1) is 23.1. The number of benzene rings is 1. The number of hydrogen-bond acceptors (Lipinski definition) is 9. The molecule has 2 aromatic heterocycles. The lowest BCUT2D eigenvalue weighted by atomic mass is 9.80. The molecule has 4 atom stereocenters. The van der Waals surface area contributed by atoms with E-state index in [4.69, 9.17) is 31.4 Å². The van der Waals surface area contributed by atoms with Gasteiger partial charge in [0.25, 0.3) is 0 Å². The maximum absolute atomic E-state index is 15.7. The van der Waals surface area contributed by atoms with Gasteiger partial charge in [0.2, 0.25) is 0 Å². The van der Waals surface area contributed by atoms with Gasteiger partial charge >= 0.3 is 6.01 Å². The molecule has 4 aliphatic heterocycles. The summed E-state index contributed by atoms with van der Waals surface area (Å²) in [7, 11) is 3.58. The molecule has 0 radical (unpaired) electrons. The number of aryl methyl sites for hydroxylation is 2. The summed E-state index contributed by atoms with van der Waals surface area (Å²) in [4.78, 5) is 18.7. The Hall–Kier alpha value is -2.90. The van der Waals surface area contributed by atoms with Crippen molar-refractivity contribution in [1.29, 1.82) is 0 Å². The number of fused-ring (bicyclic) bond motifs is 5. The molecule has 0 bridgehead atoms. The van der Waals surface area contributed by atoms with Crippen LogP contribution < -0.4 is 9.64 Å². The van der Waals surface area contributed by atoms with Crippen LogP contribution in [0.5, 0.6) is 6.01 Å². The Morgan fingerprint density at radius 3 is 2.81 bits per heavy atom. The van der Waals surface area contributed by atoms with Gasteiger partial charge in [0.15, 0.2) is 6.23 Å². The number of halogens is 3. The molecule has 8 rings (SSSR count). The van der Waals surface area contributed by atoms with Crippen LogP contribution in [0.15, 0.2) is 18.2 Å². The van der Waals surface area contributed by atoms with Crippen LogP contribution in [-0.4, -0.2) is 98.1 Å². The van der Waals surface area contributed by atoms with Crippen molar-refractivity contribution in [2.45, 2.75) is 95.0 Å². The minimum Gasteiger partial charge on any atom is -0.461 e. The topological polar surface area (TPSA) is 86.0 Å². The van der Waals surface area contributed by atoms with Crippen molar-refractivity contribution in [2.24, 2.45) is 0 Å². The van der Waals surface area contributed by atoms with E-state index >= 15 is 4.39 Å². The standard InChI is InChI=1S/C35H45ClF2N8O2/c1-4-44-19-24-26(17-35(44)12-10-22-8-5-9-25(38)28(22)35)39-33(48-21-34-11-6-14-45(34)18-23(37)16-34)40-31(24)43-13-7-15-46-27(20-43)29(36)30(41-46)32(47)42(2)3/h5,8-9,23,32,47H,4,6-7,10-21H2,1-3H3/t23-,32?,34+,35+/m1/s1. The number of alkyl halides is 1. The Morgan fingerprint density at radius 1 is 1.15 bits per heavy atom. The highest BCUT2D eigenvalue weighted by atomic mass is 35.5. The number of aliphatic hydroxyl groups excluding tert-OH is 1. The van der Waals surface area contributed by atoms with Crippen molar-refractivity contribution in [3.05, 3.63) is 62.8 Å². The molecule has 1 N–H and O–H groups in total. The fraction of sp³-hybridized carbons (Fsp3) is 0.629. The molecule has 1 spiro atoms. The summed E-state index contributed by atoms with van der Waals surface area (Å²) in [5.74, 6) is 0.622. The van der Waals surface area contributed by atoms with Crippen LogP contribution in [0, 0.1) is 5.82 Å². The molecule has 1 unspecified atom stereocenters. The average molecular weight is 683 g/mol. The first-order valence-corrected chi connectivity index (χ1v) is 17.8. The molecule has 5 aliphatic rings. The fourth-order valence-electron chi connectivity index (χ4n) is 9.27. The van der Waals surface area contributed by atoms with Crippen LogP contribution in [-0.2, 0) is 38.0 Å². The average Bonchev–Trinajstić information content (AvgIpc) is 3.75. The zero-order valence-corrected chi connectivity index (χ0v) is 28.8. The molecular formula is C35H45ClF2N8O2. The number of aliphatic hydroxyl groups is 1. The molecule has 6 heterocycles. The normalized spacial score (nSPS) is 27.7. The molecule has 258 valence electrons. The van der Waals surface area contributed by atoms with E-state index in [2.05, 4.69) is 27.7 Å². The summed E-state index contributed by atoms with van der Waals surface area (Å²) in [6.07, 6.45) is 3.59. The van der Waals surface area contributed by atoms with Gasteiger partial charge in [-0.3, -0.25) is 19.4 Å². The van der Waals surface area contributed by atoms with Crippen molar-refractivity contribution in [3.63, 3.8) is 0 Å². The molecule has 2 saturated heterocycles. The van der Waals surface area contributed by atoms with E-state index in [1.807, 2.05) is 4.68 Å². The van der Waals surface area contributed by atoms with Gasteiger partial charge in [-0.2, -0.15) is 15.1 Å². The van der Waals surface area contributed by atoms with Gasteiger partial charge in [0.1, 0.15) is 30.1 Å². The summed E-state index contributed by atoms with van der Waals surface area (Å²) in [6, 6.07) is 5.72. The van der Waals surface area contributed by atoms with E-state index in [1.165, 1.54) is 0 Å². The maximum atomic E-state index is 15.7. The second-order valence-electron chi connectivity index (χ2n) is 14.6. The van der Waals surface area contributed by atoms with Crippen molar-refractivity contribution < 1.29 is 18.6 Å². The van der Waals surface area contributed by atoms with Gasteiger partial charge in [0, 0.05) is 50.1 Å². The highest BCUT2D eigenvalue weighted by molar-refractivity contribution is 6.32. The van der Waals surface area contributed by atoms with Crippen LogP contribution in [0.1, 0.15) is 79.0 Å². The van der Waals surface area contributed by atoms with Crippen molar-refractivity contribution in [1.82, 2.24) is 34.4 Å². The van der Waals surface area contributed by atoms with Crippen LogP contribution in [0.3, 0.4) is 0 Å². The fourth-order valence-corrected chi connectivity index (χ4v) is 9.57. The molecular weight excluding hydrogens is 638 g/mol. The number of ether oxygens (including phenoxy) is 1. The minimum atomic E-state index is -0.921. The highest BCUT2D eigenvalue weighted by Crippen LogP contribution is 2.50. The van der Waals surface area contributed by atoms with Crippen LogP contribution in [0.2, 0.25) is 5.02 Å². The van der Waals surface area contributed by atoms with Gasteiger partial charge in [-0.15, -0.1) is 0 Å². The second-order valence-corrected chi connectivity index (χ2v) is 15.0. The third kappa shape index (κ3) is 5.12. The summed E-state index contributed by atoms with van der Waals surface area (Å²) in [5.41, 5.74) is 4.18. The number of likely N-dealkylation sites (N-methyl/N-ethyl adjacent to an activating group) is 1. The van der Waals surface area contributed by atoms with E-state index in [1.54, 1.807) is 31.1 Å². The molecule has 10 nitrogen and oxygen atoms in total. The lowest BCUT2D eigenvalue weighted by Crippen LogP contribution is -2.50. The van der Waals surface area contributed by atoms with E-state index in [0.29, 0.717) is 62.9 Å². The summed E-state index contributed by atoms with van der Waals surface area (Å²) < 4.78 is 38.7. The lowest BCUT2D eigenvalue weighted by molar-refractivity contribution is 0.0353. The second kappa shape index (κ2) is 12.2. The SMILES string of the molecule is CCN1Cc2c(nc(OC[C@@]34CCCN3C[C@H](F)C4)nc2N2CCCn3nc(C(O)N(C)C)c(Cl)c3C2)C[C@]12CCc1cccc(F)c12. The quantitative estimate of drug-likeness (QED) is 0.360. The predicted octanol–water partition coefficient (Wildman–Crippen LogP) is 4.60. The van der Waals surface area contributed by atoms with Crippen molar-refractivity contribution >= 4 is 17.4 Å². The summed E-state index contributed by atoms with van der Waals surface area (Å²) >= 11 is 6.92.